The summed E-state index contributed by atoms with van der Waals surface area (Å²) in [5, 5.41) is 2.57. The first kappa shape index (κ1) is 15.2. The normalized spacial score (nSPS) is 18.9. The smallest absolute Gasteiger partial charge is 0.336 e. The number of carbonyl (C=O) groups excluding carboxylic acids is 2. The molecule has 110 valence electrons. The number of ether oxygens (including phenoxy) is 2. The first-order valence-corrected chi connectivity index (χ1v) is 7.52. The molecule has 0 radical (unpaired) electrons. The van der Waals surface area contributed by atoms with Gasteiger partial charge in [0, 0.05) is 11.9 Å². The lowest BCUT2D eigenvalue weighted by Crippen LogP contribution is -2.49. The van der Waals surface area contributed by atoms with Crippen molar-refractivity contribution in [2.75, 3.05) is 26.8 Å². The van der Waals surface area contributed by atoms with Gasteiger partial charge in [-0.25, -0.2) is 9.78 Å². The van der Waals surface area contributed by atoms with Crippen LogP contribution in [-0.2, 0) is 31.4 Å². The first-order valence-electron chi connectivity index (χ1n) is 6.10. The number of halogens is 1. The van der Waals surface area contributed by atoms with Gasteiger partial charge >= 0.3 is 5.97 Å². The van der Waals surface area contributed by atoms with Gasteiger partial charge in [-0.15, -0.1) is 22.9 Å². The second kappa shape index (κ2) is 7.01. The van der Waals surface area contributed by atoms with Crippen LogP contribution in [0.5, 0.6) is 0 Å². The van der Waals surface area contributed by atoms with E-state index in [1.54, 1.807) is 4.90 Å². The molecule has 20 heavy (non-hydrogen) atoms. The highest BCUT2D eigenvalue weighted by Crippen LogP contribution is 2.14. The first-order chi connectivity index (χ1) is 9.63. The van der Waals surface area contributed by atoms with Crippen LogP contribution in [0, 0.1) is 0 Å². The molecule has 6 nitrogen and oxygen atoms in total. The molecule has 8 heteroatoms. The van der Waals surface area contributed by atoms with Crippen molar-refractivity contribution in [1.29, 1.82) is 0 Å². The molecule has 0 N–H and O–H groups in total. The van der Waals surface area contributed by atoms with Crippen LogP contribution in [0.15, 0.2) is 5.38 Å². The predicted octanol–water partition coefficient (Wildman–Crippen LogP) is 0.825. The Bertz CT molecular complexity index is 494. The molecule has 0 bridgehead atoms. The Hall–Kier alpha value is -1.18. The third-order valence-electron chi connectivity index (χ3n) is 2.92. The van der Waals surface area contributed by atoms with Crippen molar-refractivity contribution in [1.82, 2.24) is 9.88 Å². The van der Waals surface area contributed by atoms with E-state index in [1.807, 2.05) is 5.38 Å². The van der Waals surface area contributed by atoms with Crippen molar-refractivity contribution in [2.45, 2.75) is 18.4 Å². The van der Waals surface area contributed by atoms with E-state index in [0.29, 0.717) is 19.0 Å². The van der Waals surface area contributed by atoms with Gasteiger partial charge in [-0.3, -0.25) is 4.79 Å². The number of rotatable bonds is 4. The Kier molecular flexibility index (Phi) is 5.33. The number of aromatic nitrogens is 1. The van der Waals surface area contributed by atoms with Gasteiger partial charge < -0.3 is 14.4 Å². The van der Waals surface area contributed by atoms with Gasteiger partial charge in [0.1, 0.15) is 5.01 Å². The summed E-state index contributed by atoms with van der Waals surface area (Å²) < 4.78 is 9.91. The van der Waals surface area contributed by atoms with E-state index >= 15 is 0 Å². The average molecular weight is 319 g/mol. The summed E-state index contributed by atoms with van der Waals surface area (Å²) in [5.74, 6) is -0.189. The summed E-state index contributed by atoms with van der Waals surface area (Å²) in [7, 11) is 1.30. The van der Waals surface area contributed by atoms with E-state index in [4.69, 9.17) is 16.3 Å². The Balaban J connectivity index is 1.93. The molecule has 2 heterocycles. The molecule has 1 saturated heterocycles. The van der Waals surface area contributed by atoms with E-state index in [0.717, 1.165) is 10.7 Å². The Labute approximate surface area is 125 Å². The van der Waals surface area contributed by atoms with Crippen LogP contribution in [-0.4, -0.2) is 54.7 Å². The van der Waals surface area contributed by atoms with Crippen LogP contribution in [0.1, 0.15) is 10.7 Å². The number of methoxy groups -OCH3 is 1. The number of nitrogens with zero attached hydrogens (tertiary/aromatic N) is 2. The fourth-order valence-electron chi connectivity index (χ4n) is 1.88. The van der Waals surface area contributed by atoms with Gasteiger partial charge in [0.25, 0.3) is 0 Å². The molecule has 1 aliphatic heterocycles. The zero-order valence-corrected chi connectivity index (χ0v) is 12.6. The Morgan fingerprint density at radius 3 is 3.10 bits per heavy atom. The molecule has 1 atom stereocenters. The molecule has 0 saturated carbocycles. The van der Waals surface area contributed by atoms with Gasteiger partial charge in [-0.1, -0.05) is 0 Å². The number of carbonyl (C=O) groups is 2. The topological polar surface area (TPSA) is 68.7 Å². The van der Waals surface area contributed by atoms with Gasteiger partial charge in [0.15, 0.2) is 6.10 Å². The molecule has 0 aliphatic carbocycles. The van der Waals surface area contributed by atoms with Crippen LogP contribution in [0.25, 0.3) is 0 Å². The SMILES string of the molecule is COC(=O)C1CN(C(=O)Cc2nc(CCl)cs2)CCO1. The number of alkyl halides is 1. The summed E-state index contributed by atoms with van der Waals surface area (Å²) in [4.78, 5) is 29.5. The number of morpholine rings is 1. The highest BCUT2D eigenvalue weighted by molar-refractivity contribution is 7.09. The Morgan fingerprint density at radius 1 is 1.65 bits per heavy atom. The monoisotopic (exact) mass is 318 g/mol. The lowest BCUT2D eigenvalue weighted by molar-refractivity contribution is -0.162. The van der Waals surface area contributed by atoms with Crippen LogP contribution < -0.4 is 0 Å². The third kappa shape index (κ3) is 3.68. The summed E-state index contributed by atoms with van der Waals surface area (Å²) in [6, 6.07) is 0. The van der Waals surface area contributed by atoms with E-state index < -0.39 is 12.1 Å². The summed E-state index contributed by atoms with van der Waals surface area (Å²) in [6.07, 6.45) is -0.484. The van der Waals surface area contributed by atoms with E-state index in [2.05, 4.69) is 9.72 Å². The average Bonchev–Trinajstić information content (AvgIpc) is 2.94. The van der Waals surface area contributed by atoms with E-state index in [9.17, 15) is 9.59 Å². The van der Waals surface area contributed by atoms with Crippen LogP contribution >= 0.6 is 22.9 Å². The Morgan fingerprint density at radius 2 is 2.45 bits per heavy atom. The largest absolute Gasteiger partial charge is 0.467 e. The second-order valence-corrected chi connectivity index (χ2v) is 5.48. The van der Waals surface area contributed by atoms with Gasteiger partial charge in [0.2, 0.25) is 5.91 Å². The maximum absolute atomic E-state index is 12.2. The zero-order chi connectivity index (χ0) is 14.5. The standard InChI is InChI=1S/C12H15ClN2O4S/c1-18-12(17)9-6-15(2-3-19-9)11(16)4-10-14-8(5-13)7-20-10/h7,9H,2-6H2,1H3. The highest BCUT2D eigenvalue weighted by Gasteiger charge is 2.30. The van der Waals surface area contributed by atoms with Crippen molar-refractivity contribution in [3.05, 3.63) is 16.1 Å². The zero-order valence-electron chi connectivity index (χ0n) is 11.0. The lowest BCUT2D eigenvalue weighted by atomic mass is 10.2. The molecule has 2 rings (SSSR count). The van der Waals surface area contributed by atoms with Crippen LogP contribution in [0.3, 0.4) is 0 Å². The minimum absolute atomic E-state index is 0.0716. The number of hydrogen-bond donors (Lipinski definition) is 0. The van der Waals surface area contributed by atoms with Crippen molar-refractivity contribution in [2.24, 2.45) is 0 Å². The number of amides is 1. The fourth-order valence-corrected chi connectivity index (χ4v) is 2.90. The molecule has 0 aromatic carbocycles. The third-order valence-corrected chi connectivity index (χ3v) is 4.09. The maximum atomic E-state index is 12.2. The fraction of sp³-hybridized carbons (Fsp3) is 0.583. The summed E-state index contributed by atoms with van der Waals surface area (Å²) >= 11 is 7.09. The molecular weight excluding hydrogens is 304 g/mol. The molecule has 0 spiro atoms. The van der Waals surface area contributed by atoms with E-state index in [1.165, 1.54) is 18.4 Å². The van der Waals surface area contributed by atoms with Gasteiger partial charge in [0.05, 0.1) is 38.3 Å². The predicted molar refractivity (Wildman–Crippen MR) is 73.7 cm³/mol. The molecular formula is C12H15ClN2O4S. The second-order valence-electron chi connectivity index (χ2n) is 4.27. The molecule has 1 unspecified atom stereocenters. The molecule has 1 fully saturated rings. The number of hydrogen-bond acceptors (Lipinski definition) is 6. The highest BCUT2D eigenvalue weighted by atomic mass is 35.5. The van der Waals surface area contributed by atoms with Crippen molar-refractivity contribution < 1.29 is 19.1 Å². The van der Waals surface area contributed by atoms with Crippen molar-refractivity contribution >= 4 is 34.8 Å². The number of thiazole rings is 1. The summed E-state index contributed by atoms with van der Waals surface area (Å²) in [6.45, 7) is 1.02. The van der Waals surface area contributed by atoms with E-state index in [-0.39, 0.29) is 18.9 Å². The van der Waals surface area contributed by atoms with Crippen molar-refractivity contribution in [3.8, 4) is 0 Å². The van der Waals surface area contributed by atoms with Gasteiger partial charge in [-0.2, -0.15) is 0 Å². The van der Waals surface area contributed by atoms with Crippen LogP contribution in [0.2, 0.25) is 0 Å². The maximum Gasteiger partial charge on any atom is 0.336 e. The van der Waals surface area contributed by atoms with Gasteiger partial charge in [-0.05, 0) is 0 Å². The van der Waals surface area contributed by atoms with Crippen molar-refractivity contribution in [3.63, 3.8) is 0 Å². The number of esters is 1. The molecule has 1 aromatic heterocycles. The molecule has 1 amide bonds. The summed E-state index contributed by atoms with van der Waals surface area (Å²) in [5.41, 5.74) is 0.772. The minimum Gasteiger partial charge on any atom is -0.467 e. The molecule has 1 aromatic rings. The lowest BCUT2D eigenvalue weighted by Gasteiger charge is -2.31. The van der Waals surface area contributed by atoms with Crippen LogP contribution in [0.4, 0.5) is 0 Å². The molecule has 1 aliphatic rings. The minimum atomic E-state index is -0.701. The quantitative estimate of drug-likeness (QED) is 0.607.